The standard InChI is InChI=1S/C20H28N4O4/c1-15-7-12-22(13-8-15)18-5-4-16(24(27)28)14-17(18)20(26)21-9-6-19(25)23-10-2-3-11-23/h4-5,14-15H,2-3,6-13H2,1H3,(H,21,26). The largest absolute Gasteiger partial charge is 0.371 e. The van der Waals surface area contributed by atoms with Crippen LogP contribution in [-0.4, -0.2) is 54.4 Å². The van der Waals surface area contributed by atoms with Crippen LogP contribution in [0, 0.1) is 16.0 Å². The van der Waals surface area contributed by atoms with E-state index in [1.807, 2.05) is 4.90 Å². The number of likely N-dealkylation sites (tertiary alicyclic amines) is 1. The molecule has 2 amide bonds. The van der Waals surface area contributed by atoms with E-state index in [9.17, 15) is 19.7 Å². The number of carbonyl (C=O) groups excluding carboxylic acids is 2. The third kappa shape index (κ3) is 4.79. The number of hydrogen-bond acceptors (Lipinski definition) is 5. The predicted molar refractivity (Wildman–Crippen MR) is 106 cm³/mol. The molecule has 2 aliphatic heterocycles. The van der Waals surface area contributed by atoms with Crippen LogP contribution in [0.25, 0.3) is 0 Å². The normalized spacial score (nSPS) is 17.6. The number of amides is 2. The average Bonchev–Trinajstić information content (AvgIpc) is 3.23. The van der Waals surface area contributed by atoms with Crippen molar-refractivity contribution >= 4 is 23.2 Å². The first-order valence-corrected chi connectivity index (χ1v) is 10.0. The quantitative estimate of drug-likeness (QED) is 0.597. The molecule has 8 heteroatoms. The third-order valence-corrected chi connectivity index (χ3v) is 5.64. The van der Waals surface area contributed by atoms with Gasteiger partial charge >= 0.3 is 0 Å². The van der Waals surface area contributed by atoms with Crippen LogP contribution >= 0.6 is 0 Å². The number of nitrogens with zero attached hydrogens (tertiary/aromatic N) is 3. The van der Waals surface area contributed by atoms with Gasteiger partial charge in [0.2, 0.25) is 5.91 Å². The smallest absolute Gasteiger partial charge is 0.270 e. The van der Waals surface area contributed by atoms with Gasteiger partial charge < -0.3 is 15.1 Å². The van der Waals surface area contributed by atoms with Crippen molar-refractivity contribution in [2.75, 3.05) is 37.6 Å². The van der Waals surface area contributed by atoms with Crippen molar-refractivity contribution in [1.82, 2.24) is 10.2 Å². The Morgan fingerprint density at radius 2 is 1.86 bits per heavy atom. The van der Waals surface area contributed by atoms with Crippen LogP contribution in [0.3, 0.4) is 0 Å². The maximum absolute atomic E-state index is 12.8. The van der Waals surface area contributed by atoms with E-state index in [0.29, 0.717) is 11.5 Å². The maximum Gasteiger partial charge on any atom is 0.270 e. The molecule has 2 fully saturated rings. The van der Waals surface area contributed by atoms with E-state index >= 15 is 0 Å². The van der Waals surface area contributed by atoms with E-state index in [1.54, 1.807) is 6.07 Å². The van der Waals surface area contributed by atoms with Crippen LogP contribution in [0.4, 0.5) is 11.4 Å². The molecule has 2 aliphatic rings. The second-order valence-corrected chi connectivity index (χ2v) is 7.72. The number of nitrogens with one attached hydrogen (secondary N) is 1. The summed E-state index contributed by atoms with van der Waals surface area (Å²) < 4.78 is 0. The fourth-order valence-corrected chi connectivity index (χ4v) is 3.85. The minimum Gasteiger partial charge on any atom is -0.371 e. The fourth-order valence-electron chi connectivity index (χ4n) is 3.85. The van der Waals surface area contributed by atoms with E-state index in [4.69, 9.17) is 0 Å². The summed E-state index contributed by atoms with van der Waals surface area (Å²) in [7, 11) is 0. The van der Waals surface area contributed by atoms with Crippen molar-refractivity contribution in [3.63, 3.8) is 0 Å². The fraction of sp³-hybridized carbons (Fsp3) is 0.600. The molecule has 0 radical (unpaired) electrons. The van der Waals surface area contributed by atoms with E-state index in [0.717, 1.165) is 57.5 Å². The highest BCUT2D eigenvalue weighted by atomic mass is 16.6. The Labute approximate surface area is 165 Å². The molecule has 0 bridgehead atoms. The van der Waals surface area contributed by atoms with Crippen molar-refractivity contribution in [3.8, 4) is 0 Å². The summed E-state index contributed by atoms with van der Waals surface area (Å²) in [5.74, 6) is 0.316. The summed E-state index contributed by atoms with van der Waals surface area (Å²) in [4.78, 5) is 39.5. The van der Waals surface area contributed by atoms with Crippen molar-refractivity contribution in [3.05, 3.63) is 33.9 Å². The zero-order valence-corrected chi connectivity index (χ0v) is 16.4. The molecule has 152 valence electrons. The van der Waals surface area contributed by atoms with Crippen molar-refractivity contribution in [1.29, 1.82) is 0 Å². The second kappa shape index (κ2) is 9.03. The van der Waals surface area contributed by atoms with Crippen LogP contribution < -0.4 is 10.2 Å². The lowest BCUT2D eigenvalue weighted by molar-refractivity contribution is -0.384. The van der Waals surface area contributed by atoms with Gasteiger partial charge in [-0.3, -0.25) is 19.7 Å². The Morgan fingerprint density at radius 1 is 1.18 bits per heavy atom. The second-order valence-electron chi connectivity index (χ2n) is 7.72. The Balaban J connectivity index is 1.68. The van der Waals surface area contributed by atoms with Crippen molar-refractivity contribution < 1.29 is 14.5 Å². The van der Waals surface area contributed by atoms with Gasteiger partial charge in [-0.15, -0.1) is 0 Å². The lowest BCUT2D eigenvalue weighted by Crippen LogP contribution is -2.36. The molecule has 0 saturated carbocycles. The van der Waals surface area contributed by atoms with Crippen LogP contribution in [0.5, 0.6) is 0 Å². The van der Waals surface area contributed by atoms with Gasteiger partial charge in [0.1, 0.15) is 0 Å². The number of benzene rings is 1. The number of piperidine rings is 1. The van der Waals surface area contributed by atoms with Gasteiger partial charge in [-0.1, -0.05) is 6.92 Å². The highest BCUT2D eigenvalue weighted by Crippen LogP contribution is 2.29. The SMILES string of the molecule is CC1CCN(c2ccc([N+](=O)[O-])cc2C(=O)NCCC(=O)N2CCCC2)CC1. The number of non-ortho nitro benzene ring substituents is 1. The molecular weight excluding hydrogens is 360 g/mol. The first-order chi connectivity index (χ1) is 13.5. The molecule has 2 heterocycles. The summed E-state index contributed by atoms with van der Waals surface area (Å²) in [6.07, 6.45) is 4.37. The molecule has 0 unspecified atom stereocenters. The molecule has 28 heavy (non-hydrogen) atoms. The Morgan fingerprint density at radius 3 is 2.50 bits per heavy atom. The van der Waals surface area contributed by atoms with Crippen molar-refractivity contribution in [2.45, 2.75) is 39.0 Å². The van der Waals surface area contributed by atoms with Gasteiger partial charge in [0, 0.05) is 51.3 Å². The molecular formula is C20H28N4O4. The number of nitro benzene ring substituents is 1. The highest BCUT2D eigenvalue weighted by molar-refractivity contribution is 6.00. The summed E-state index contributed by atoms with van der Waals surface area (Å²) in [6.45, 7) is 5.66. The molecule has 1 aromatic rings. The van der Waals surface area contributed by atoms with Gasteiger partial charge in [-0.25, -0.2) is 0 Å². The van der Waals surface area contributed by atoms with E-state index in [1.165, 1.54) is 12.1 Å². The van der Waals surface area contributed by atoms with Gasteiger partial charge in [0.25, 0.3) is 11.6 Å². The van der Waals surface area contributed by atoms with Crippen LogP contribution in [-0.2, 0) is 4.79 Å². The molecule has 2 saturated heterocycles. The Bertz CT molecular complexity index is 738. The monoisotopic (exact) mass is 388 g/mol. The lowest BCUT2D eigenvalue weighted by atomic mass is 9.98. The van der Waals surface area contributed by atoms with Gasteiger partial charge in [0.15, 0.2) is 0 Å². The first kappa shape index (κ1) is 20.1. The summed E-state index contributed by atoms with van der Waals surface area (Å²) in [5.41, 5.74) is 0.922. The topological polar surface area (TPSA) is 95.8 Å². The van der Waals surface area contributed by atoms with Crippen LogP contribution in [0.15, 0.2) is 18.2 Å². The average molecular weight is 388 g/mol. The van der Waals surface area contributed by atoms with E-state index in [-0.39, 0.29) is 30.5 Å². The lowest BCUT2D eigenvalue weighted by Gasteiger charge is -2.33. The number of anilines is 1. The minimum atomic E-state index is -0.490. The van der Waals surface area contributed by atoms with E-state index in [2.05, 4.69) is 17.1 Å². The minimum absolute atomic E-state index is 0.0436. The molecule has 1 aromatic carbocycles. The predicted octanol–water partition coefficient (Wildman–Crippen LogP) is 2.57. The molecule has 0 atom stereocenters. The summed E-state index contributed by atoms with van der Waals surface area (Å²) >= 11 is 0. The zero-order chi connectivity index (χ0) is 20.1. The highest BCUT2D eigenvalue weighted by Gasteiger charge is 2.24. The van der Waals surface area contributed by atoms with Crippen molar-refractivity contribution in [2.24, 2.45) is 5.92 Å². The number of carbonyl (C=O) groups is 2. The van der Waals surface area contributed by atoms with E-state index < -0.39 is 4.92 Å². The summed E-state index contributed by atoms with van der Waals surface area (Å²) in [6, 6.07) is 4.45. The number of hydrogen-bond donors (Lipinski definition) is 1. The van der Waals surface area contributed by atoms with Crippen LogP contribution in [0.1, 0.15) is 49.4 Å². The Kier molecular flexibility index (Phi) is 6.49. The maximum atomic E-state index is 12.8. The number of nitro groups is 1. The molecule has 8 nitrogen and oxygen atoms in total. The van der Waals surface area contributed by atoms with Gasteiger partial charge in [-0.2, -0.15) is 0 Å². The molecule has 1 N–H and O–H groups in total. The molecule has 3 rings (SSSR count). The molecule has 0 aliphatic carbocycles. The molecule has 0 aromatic heterocycles. The van der Waals surface area contributed by atoms with Crippen LogP contribution in [0.2, 0.25) is 0 Å². The zero-order valence-electron chi connectivity index (χ0n) is 16.4. The Hall–Kier alpha value is -2.64. The first-order valence-electron chi connectivity index (χ1n) is 10.0. The molecule has 0 spiro atoms. The number of rotatable bonds is 6. The van der Waals surface area contributed by atoms with Gasteiger partial charge in [0.05, 0.1) is 16.2 Å². The third-order valence-electron chi connectivity index (χ3n) is 5.64. The van der Waals surface area contributed by atoms with Gasteiger partial charge in [-0.05, 0) is 37.7 Å². The summed E-state index contributed by atoms with van der Waals surface area (Å²) in [5, 5.41) is 13.9.